The summed E-state index contributed by atoms with van der Waals surface area (Å²) < 4.78 is 11.5. The zero-order valence-electron chi connectivity index (χ0n) is 9.85. The van der Waals surface area contributed by atoms with Crippen LogP contribution in [0.25, 0.3) is 11.1 Å². The van der Waals surface area contributed by atoms with Crippen LogP contribution < -0.4 is 9.47 Å². The summed E-state index contributed by atoms with van der Waals surface area (Å²) in [6.07, 6.45) is 4.64. The standard InChI is InChI=1S/C16H12O2/c1-2-5-12-11(4-1)10-18-16-13(12)7-8-15-14(16)6-3-9-17-15/h1-5,7-9H,6,10H2. The average Bonchev–Trinajstić information content (AvgIpc) is 2.46. The van der Waals surface area contributed by atoms with E-state index in [1.807, 2.05) is 12.1 Å². The fourth-order valence-electron chi connectivity index (χ4n) is 2.64. The largest absolute Gasteiger partial charge is 0.488 e. The van der Waals surface area contributed by atoms with Crippen molar-refractivity contribution in [2.45, 2.75) is 13.0 Å². The summed E-state index contributed by atoms with van der Waals surface area (Å²) in [5.74, 6) is 1.89. The first-order valence-corrected chi connectivity index (χ1v) is 6.12. The Morgan fingerprint density at radius 2 is 1.89 bits per heavy atom. The first-order chi connectivity index (χ1) is 8.93. The molecule has 2 heteroatoms. The van der Waals surface area contributed by atoms with Gasteiger partial charge in [0.2, 0.25) is 0 Å². The summed E-state index contributed by atoms with van der Waals surface area (Å²) in [6.45, 7) is 0.642. The molecule has 0 saturated carbocycles. The maximum atomic E-state index is 5.93. The zero-order chi connectivity index (χ0) is 11.9. The van der Waals surface area contributed by atoms with Gasteiger partial charge in [-0.2, -0.15) is 0 Å². The number of rotatable bonds is 0. The van der Waals surface area contributed by atoms with Crippen LogP contribution in [0.2, 0.25) is 0 Å². The third-order valence-electron chi connectivity index (χ3n) is 3.51. The van der Waals surface area contributed by atoms with Crippen molar-refractivity contribution in [1.29, 1.82) is 0 Å². The first kappa shape index (κ1) is 9.77. The second-order valence-corrected chi connectivity index (χ2v) is 4.56. The van der Waals surface area contributed by atoms with Crippen LogP contribution in [0.3, 0.4) is 0 Å². The molecule has 0 radical (unpaired) electrons. The van der Waals surface area contributed by atoms with Crippen molar-refractivity contribution in [2.24, 2.45) is 0 Å². The Balaban J connectivity index is 1.97. The normalized spacial score (nSPS) is 14.9. The van der Waals surface area contributed by atoms with Gasteiger partial charge in [0.1, 0.15) is 18.1 Å². The molecule has 0 spiro atoms. The van der Waals surface area contributed by atoms with E-state index in [-0.39, 0.29) is 0 Å². The molecule has 4 rings (SSSR count). The molecule has 0 amide bonds. The zero-order valence-corrected chi connectivity index (χ0v) is 9.85. The molecule has 0 fully saturated rings. The highest BCUT2D eigenvalue weighted by molar-refractivity contribution is 5.78. The second-order valence-electron chi connectivity index (χ2n) is 4.56. The number of hydrogen-bond donors (Lipinski definition) is 0. The minimum atomic E-state index is 0.642. The average molecular weight is 236 g/mol. The van der Waals surface area contributed by atoms with Crippen LogP contribution in [-0.4, -0.2) is 0 Å². The smallest absolute Gasteiger partial charge is 0.134 e. The molecule has 2 aliphatic rings. The molecule has 2 aromatic rings. The maximum absolute atomic E-state index is 5.93. The minimum Gasteiger partial charge on any atom is -0.488 e. The molecule has 88 valence electrons. The number of fused-ring (bicyclic) bond motifs is 5. The van der Waals surface area contributed by atoms with E-state index in [1.165, 1.54) is 16.7 Å². The van der Waals surface area contributed by atoms with Gasteiger partial charge < -0.3 is 9.47 Å². The van der Waals surface area contributed by atoms with Crippen molar-refractivity contribution in [3.05, 3.63) is 59.9 Å². The fraction of sp³-hybridized carbons (Fsp3) is 0.125. The lowest BCUT2D eigenvalue weighted by Crippen LogP contribution is -2.09. The van der Waals surface area contributed by atoms with Crippen LogP contribution in [0, 0.1) is 0 Å². The summed E-state index contributed by atoms with van der Waals surface area (Å²) in [6, 6.07) is 12.5. The summed E-state index contributed by atoms with van der Waals surface area (Å²) in [5, 5.41) is 0. The van der Waals surface area contributed by atoms with Crippen LogP contribution in [0.5, 0.6) is 11.5 Å². The second kappa shape index (κ2) is 3.64. The van der Waals surface area contributed by atoms with Crippen LogP contribution in [0.1, 0.15) is 11.1 Å². The number of ether oxygens (including phenoxy) is 2. The van der Waals surface area contributed by atoms with E-state index in [2.05, 4.69) is 30.3 Å². The fourth-order valence-corrected chi connectivity index (χ4v) is 2.64. The molecule has 0 aliphatic carbocycles. The molecule has 0 saturated heterocycles. The Bertz CT molecular complexity index is 656. The predicted molar refractivity (Wildman–Crippen MR) is 69.7 cm³/mol. The van der Waals surface area contributed by atoms with Gasteiger partial charge in [-0.15, -0.1) is 0 Å². The van der Waals surface area contributed by atoms with Crippen LogP contribution in [-0.2, 0) is 13.0 Å². The summed E-state index contributed by atoms with van der Waals surface area (Å²) in [4.78, 5) is 0. The molecule has 2 nitrogen and oxygen atoms in total. The topological polar surface area (TPSA) is 18.5 Å². The molecule has 0 bridgehead atoms. The quantitative estimate of drug-likeness (QED) is 0.694. The van der Waals surface area contributed by atoms with Gasteiger partial charge in [0.05, 0.1) is 6.26 Å². The first-order valence-electron chi connectivity index (χ1n) is 6.12. The van der Waals surface area contributed by atoms with Crippen molar-refractivity contribution in [1.82, 2.24) is 0 Å². The van der Waals surface area contributed by atoms with E-state index >= 15 is 0 Å². The maximum Gasteiger partial charge on any atom is 0.134 e. The number of hydrogen-bond acceptors (Lipinski definition) is 2. The molecule has 0 unspecified atom stereocenters. The third kappa shape index (κ3) is 1.29. The lowest BCUT2D eigenvalue weighted by Gasteiger charge is -2.25. The van der Waals surface area contributed by atoms with Gasteiger partial charge in [0, 0.05) is 17.5 Å². The Morgan fingerprint density at radius 3 is 2.89 bits per heavy atom. The van der Waals surface area contributed by atoms with Gasteiger partial charge in [-0.05, 0) is 29.3 Å². The van der Waals surface area contributed by atoms with E-state index in [9.17, 15) is 0 Å². The minimum absolute atomic E-state index is 0.642. The molecule has 2 aromatic carbocycles. The molecule has 2 aliphatic heterocycles. The lowest BCUT2D eigenvalue weighted by molar-refractivity contribution is 0.296. The predicted octanol–water partition coefficient (Wildman–Crippen LogP) is 3.69. The highest BCUT2D eigenvalue weighted by Gasteiger charge is 2.22. The number of allylic oxidation sites excluding steroid dienone is 1. The van der Waals surface area contributed by atoms with Crippen molar-refractivity contribution in [3.8, 4) is 22.6 Å². The van der Waals surface area contributed by atoms with Gasteiger partial charge in [-0.1, -0.05) is 24.3 Å². The highest BCUT2D eigenvalue weighted by Crippen LogP contribution is 2.44. The van der Waals surface area contributed by atoms with Gasteiger partial charge in [-0.3, -0.25) is 0 Å². The number of benzene rings is 2. The van der Waals surface area contributed by atoms with Crippen LogP contribution in [0.4, 0.5) is 0 Å². The summed E-state index contributed by atoms with van der Waals surface area (Å²) >= 11 is 0. The molecule has 18 heavy (non-hydrogen) atoms. The molecule has 0 aromatic heterocycles. The van der Waals surface area contributed by atoms with E-state index < -0.39 is 0 Å². The lowest BCUT2D eigenvalue weighted by atomic mass is 9.93. The Kier molecular flexibility index (Phi) is 1.97. The monoisotopic (exact) mass is 236 g/mol. The third-order valence-corrected chi connectivity index (χ3v) is 3.51. The van der Waals surface area contributed by atoms with Gasteiger partial charge in [-0.25, -0.2) is 0 Å². The van der Waals surface area contributed by atoms with Crippen molar-refractivity contribution >= 4 is 0 Å². The van der Waals surface area contributed by atoms with E-state index in [0.29, 0.717) is 6.61 Å². The molecule has 0 N–H and O–H groups in total. The summed E-state index contributed by atoms with van der Waals surface area (Å²) in [7, 11) is 0. The Morgan fingerprint density at radius 1 is 0.944 bits per heavy atom. The van der Waals surface area contributed by atoms with Crippen LogP contribution >= 0.6 is 0 Å². The van der Waals surface area contributed by atoms with Crippen LogP contribution in [0.15, 0.2) is 48.7 Å². The Hall–Kier alpha value is -2.22. The molecular weight excluding hydrogens is 224 g/mol. The van der Waals surface area contributed by atoms with Gasteiger partial charge >= 0.3 is 0 Å². The Labute approximate surface area is 105 Å². The van der Waals surface area contributed by atoms with E-state index in [4.69, 9.17) is 9.47 Å². The molecule has 2 heterocycles. The van der Waals surface area contributed by atoms with Gasteiger partial charge in [0.15, 0.2) is 0 Å². The van der Waals surface area contributed by atoms with Crippen molar-refractivity contribution < 1.29 is 9.47 Å². The van der Waals surface area contributed by atoms with Crippen molar-refractivity contribution in [2.75, 3.05) is 0 Å². The van der Waals surface area contributed by atoms with E-state index in [0.717, 1.165) is 23.5 Å². The molecule has 0 atom stereocenters. The van der Waals surface area contributed by atoms with Crippen molar-refractivity contribution in [3.63, 3.8) is 0 Å². The van der Waals surface area contributed by atoms with Gasteiger partial charge in [0.25, 0.3) is 0 Å². The van der Waals surface area contributed by atoms with E-state index in [1.54, 1.807) is 6.26 Å². The molecular formula is C16H12O2. The SMILES string of the molecule is C1=COc2ccc3c(c2C1)OCc1ccccc1-3. The summed E-state index contributed by atoms with van der Waals surface area (Å²) in [5.41, 5.74) is 4.85. The highest BCUT2D eigenvalue weighted by atomic mass is 16.5.